The summed E-state index contributed by atoms with van der Waals surface area (Å²) in [5.74, 6) is -0.211. The van der Waals surface area contributed by atoms with Crippen LogP contribution < -0.4 is 10.2 Å². The third-order valence-corrected chi connectivity index (χ3v) is 3.53. The molecule has 0 radical (unpaired) electrons. The van der Waals surface area contributed by atoms with Gasteiger partial charge in [-0.05, 0) is 49.7 Å². The van der Waals surface area contributed by atoms with E-state index in [9.17, 15) is 4.39 Å². The maximum Gasteiger partial charge on any atom is 0.125 e. The van der Waals surface area contributed by atoms with E-state index in [1.807, 2.05) is 18.0 Å². The van der Waals surface area contributed by atoms with Crippen LogP contribution >= 0.6 is 0 Å². The van der Waals surface area contributed by atoms with Crippen LogP contribution in [0.25, 0.3) is 0 Å². The second-order valence-electron chi connectivity index (χ2n) is 5.35. The van der Waals surface area contributed by atoms with Gasteiger partial charge in [-0.2, -0.15) is 0 Å². The van der Waals surface area contributed by atoms with Crippen molar-refractivity contribution in [1.82, 2.24) is 5.32 Å². The molecule has 0 aliphatic heterocycles. The lowest BCUT2D eigenvalue weighted by Crippen LogP contribution is -2.18. The van der Waals surface area contributed by atoms with E-state index in [0.717, 1.165) is 30.9 Å². The minimum absolute atomic E-state index is 0.211. The maximum atomic E-state index is 13.4. The second-order valence-corrected chi connectivity index (χ2v) is 5.35. The molecule has 2 aromatic carbocycles. The van der Waals surface area contributed by atoms with Gasteiger partial charge in [-0.15, -0.1) is 0 Å². The predicted molar refractivity (Wildman–Crippen MR) is 87.6 cm³/mol. The Morgan fingerprint density at radius 1 is 1.14 bits per heavy atom. The first-order valence-electron chi connectivity index (χ1n) is 7.41. The Hall–Kier alpha value is -1.87. The van der Waals surface area contributed by atoms with Crippen molar-refractivity contribution < 1.29 is 4.39 Å². The van der Waals surface area contributed by atoms with Crippen molar-refractivity contribution in [3.8, 4) is 0 Å². The third kappa shape index (κ3) is 4.05. The highest BCUT2D eigenvalue weighted by Crippen LogP contribution is 2.28. The molecule has 0 fully saturated rings. The Kier molecular flexibility index (Phi) is 5.34. The molecule has 21 heavy (non-hydrogen) atoms. The number of hydrogen-bond acceptors (Lipinski definition) is 2. The predicted octanol–water partition coefficient (Wildman–Crippen LogP) is 4.40. The van der Waals surface area contributed by atoms with Crippen LogP contribution in [0.15, 0.2) is 42.5 Å². The molecule has 0 bridgehead atoms. The summed E-state index contributed by atoms with van der Waals surface area (Å²) < 4.78 is 13.4. The third-order valence-electron chi connectivity index (χ3n) is 3.53. The van der Waals surface area contributed by atoms with E-state index in [0.29, 0.717) is 0 Å². The quantitative estimate of drug-likeness (QED) is 0.792. The van der Waals surface area contributed by atoms with Crippen LogP contribution in [-0.2, 0) is 6.54 Å². The summed E-state index contributed by atoms with van der Waals surface area (Å²) in [6, 6.07) is 13.1. The van der Waals surface area contributed by atoms with Crippen molar-refractivity contribution in [1.29, 1.82) is 0 Å². The van der Waals surface area contributed by atoms with Gasteiger partial charge in [0.15, 0.2) is 0 Å². The number of halogens is 1. The van der Waals surface area contributed by atoms with Gasteiger partial charge < -0.3 is 10.2 Å². The number of hydrogen-bond donors (Lipinski definition) is 1. The van der Waals surface area contributed by atoms with Gasteiger partial charge in [-0.25, -0.2) is 4.39 Å². The van der Waals surface area contributed by atoms with E-state index >= 15 is 0 Å². The standard InChI is InChI=1S/C18H23FN2/c1-4-10-20-13-15-11-14(2)8-9-18(15)21(3)17-7-5-6-16(19)12-17/h5-9,11-12,20H,4,10,13H2,1-3H3. The Balaban J connectivity index is 2.29. The first-order valence-corrected chi connectivity index (χ1v) is 7.41. The highest BCUT2D eigenvalue weighted by molar-refractivity contribution is 5.66. The van der Waals surface area contributed by atoms with E-state index in [1.54, 1.807) is 12.1 Å². The zero-order valence-corrected chi connectivity index (χ0v) is 13.0. The summed E-state index contributed by atoms with van der Waals surface area (Å²) in [6.45, 7) is 6.07. The minimum atomic E-state index is -0.211. The number of anilines is 2. The van der Waals surface area contributed by atoms with E-state index in [2.05, 4.69) is 37.4 Å². The Morgan fingerprint density at radius 2 is 1.95 bits per heavy atom. The van der Waals surface area contributed by atoms with Crippen LogP contribution in [-0.4, -0.2) is 13.6 Å². The number of nitrogens with one attached hydrogen (secondary N) is 1. The van der Waals surface area contributed by atoms with Gasteiger partial charge in [-0.1, -0.05) is 30.7 Å². The fourth-order valence-electron chi connectivity index (χ4n) is 2.41. The fourth-order valence-corrected chi connectivity index (χ4v) is 2.41. The van der Waals surface area contributed by atoms with Crippen LogP contribution in [0.4, 0.5) is 15.8 Å². The topological polar surface area (TPSA) is 15.3 Å². The average molecular weight is 286 g/mol. The molecular formula is C18H23FN2. The van der Waals surface area contributed by atoms with Gasteiger partial charge in [0.1, 0.15) is 5.82 Å². The molecule has 0 heterocycles. The van der Waals surface area contributed by atoms with E-state index < -0.39 is 0 Å². The molecule has 0 spiro atoms. The number of rotatable bonds is 6. The lowest BCUT2D eigenvalue weighted by atomic mass is 10.1. The monoisotopic (exact) mass is 286 g/mol. The number of nitrogens with zero attached hydrogens (tertiary/aromatic N) is 1. The highest BCUT2D eigenvalue weighted by Gasteiger charge is 2.10. The summed E-state index contributed by atoms with van der Waals surface area (Å²) >= 11 is 0. The molecule has 0 aliphatic carbocycles. The molecule has 0 saturated carbocycles. The Labute approximate surface area is 126 Å². The van der Waals surface area contributed by atoms with Gasteiger partial charge in [-0.3, -0.25) is 0 Å². The molecule has 3 heteroatoms. The first kappa shape index (κ1) is 15.5. The molecule has 2 rings (SSSR count). The van der Waals surface area contributed by atoms with Crippen molar-refractivity contribution in [2.75, 3.05) is 18.5 Å². The summed E-state index contributed by atoms with van der Waals surface area (Å²) in [6.07, 6.45) is 1.11. The summed E-state index contributed by atoms with van der Waals surface area (Å²) in [4.78, 5) is 2.03. The molecule has 2 aromatic rings. The molecule has 0 saturated heterocycles. The molecular weight excluding hydrogens is 263 g/mol. The maximum absolute atomic E-state index is 13.4. The highest BCUT2D eigenvalue weighted by atomic mass is 19.1. The van der Waals surface area contributed by atoms with E-state index in [4.69, 9.17) is 0 Å². The van der Waals surface area contributed by atoms with Crippen LogP contribution in [0.2, 0.25) is 0 Å². The van der Waals surface area contributed by atoms with Gasteiger partial charge in [0.2, 0.25) is 0 Å². The number of benzene rings is 2. The molecule has 2 nitrogen and oxygen atoms in total. The normalized spacial score (nSPS) is 10.7. The molecule has 112 valence electrons. The first-order chi connectivity index (χ1) is 10.1. The summed E-state index contributed by atoms with van der Waals surface area (Å²) in [5, 5.41) is 3.44. The van der Waals surface area contributed by atoms with Gasteiger partial charge in [0.05, 0.1) is 0 Å². The smallest absolute Gasteiger partial charge is 0.125 e. The van der Waals surface area contributed by atoms with Crippen molar-refractivity contribution in [3.05, 3.63) is 59.4 Å². The lowest BCUT2D eigenvalue weighted by Gasteiger charge is -2.23. The van der Waals surface area contributed by atoms with Crippen LogP contribution in [0.5, 0.6) is 0 Å². The lowest BCUT2D eigenvalue weighted by molar-refractivity contribution is 0.628. The second kappa shape index (κ2) is 7.23. The summed E-state index contributed by atoms with van der Waals surface area (Å²) in [5.41, 5.74) is 4.43. The van der Waals surface area contributed by atoms with E-state index in [-0.39, 0.29) is 5.82 Å². The van der Waals surface area contributed by atoms with Gasteiger partial charge in [0, 0.05) is 25.0 Å². The Bertz CT molecular complexity index is 596. The van der Waals surface area contributed by atoms with Crippen LogP contribution in [0.3, 0.4) is 0 Å². The molecule has 0 unspecified atom stereocenters. The van der Waals surface area contributed by atoms with Crippen LogP contribution in [0.1, 0.15) is 24.5 Å². The van der Waals surface area contributed by atoms with E-state index in [1.165, 1.54) is 17.2 Å². The van der Waals surface area contributed by atoms with Crippen molar-refractivity contribution in [2.45, 2.75) is 26.8 Å². The fraction of sp³-hybridized carbons (Fsp3) is 0.333. The Morgan fingerprint density at radius 3 is 2.67 bits per heavy atom. The SMILES string of the molecule is CCCNCc1cc(C)ccc1N(C)c1cccc(F)c1. The largest absolute Gasteiger partial charge is 0.344 e. The zero-order valence-electron chi connectivity index (χ0n) is 13.0. The van der Waals surface area contributed by atoms with Crippen LogP contribution in [0, 0.1) is 12.7 Å². The molecule has 0 aromatic heterocycles. The van der Waals surface area contributed by atoms with Crippen molar-refractivity contribution in [3.63, 3.8) is 0 Å². The summed E-state index contributed by atoms with van der Waals surface area (Å²) in [7, 11) is 1.97. The van der Waals surface area contributed by atoms with Crippen molar-refractivity contribution >= 4 is 11.4 Å². The molecule has 0 amide bonds. The minimum Gasteiger partial charge on any atom is -0.344 e. The van der Waals surface area contributed by atoms with Crippen molar-refractivity contribution in [2.24, 2.45) is 0 Å². The molecule has 0 aliphatic rings. The number of aryl methyl sites for hydroxylation is 1. The van der Waals surface area contributed by atoms with Gasteiger partial charge in [0.25, 0.3) is 0 Å². The zero-order chi connectivity index (χ0) is 15.2. The average Bonchev–Trinajstić information content (AvgIpc) is 2.47. The molecule has 0 atom stereocenters. The molecule has 1 N–H and O–H groups in total. The van der Waals surface area contributed by atoms with Gasteiger partial charge >= 0.3 is 0 Å².